The molecule has 0 spiro atoms. The molecule has 0 N–H and O–H groups in total. The molecule has 0 unspecified atom stereocenters. The van der Waals surface area contributed by atoms with E-state index in [9.17, 15) is 0 Å². The van der Waals surface area contributed by atoms with Crippen molar-refractivity contribution in [3.63, 3.8) is 0 Å². The molecule has 21 heavy (non-hydrogen) atoms. The molecule has 0 bridgehead atoms. The zero-order valence-electron chi connectivity index (χ0n) is 12.6. The quantitative estimate of drug-likeness (QED) is 0.661. The molecule has 2 heteroatoms. The van der Waals surface area contributed by atoms with Crippen molar-refractivity contribution >= 4 is 0 Å². The van der Waals surface area contributed by atoms with Crippen molar-refractivity contribution in [3.05, 3.63) is 84.6 Å². The highest BCUT2D eigenvalue weighted by atomic mass is 16.5. The molecule has 0 amide bonds. The lowest BCUT2D eigenvalue weighted by atomic mass is 9.97. The summed E-state index contributed by atoms with van der Waals surface area (Å²) in [4.78, 5) is 0. The minimum atomic E-state index is -0.214. The lowest BCUT2D eigenvalue weighted by molar-refractivity contribution is -0.0734. The fourth-order valence-corrected chi connectivity index (χ4v) is 2.33. The first kappa shape index (κ1) is 15.3. The van der Waals surface area contributed by atoms with Crippen LogP contribution in [0.4, 0.5) is 0 Å². The molecule has 0 saturated heterocycles. The van der Waals surface area contributed by atoms with Gasteiger partial charge in [-0.3, -0.25) is 0 Å². The number of ether oxygens (including phenoxy) is 2. The summed E-state index contributed by atoms with van der Waals surface area (Å²) < 4.78 is 11.9. The second-order valence-electron chi connectivity index (χ2n) is 5.15. The first-order chi connectivity index (χ1) is 10.2. The van der Waals surface area contributed by atoms with E-state index < -0.39 is 0 Å². The van der Waals surface area contributed by atoms with Crippen molar-refractivity contribution < 1.29 is 9.47 Å². The Balaban J connectivity index is 2.38. The van der Waals surface area contributed by atoms with Gasteiger partial charge in [0, 0.05) is 0 Å². The molecular formula is C19H22O2. The van der Waals surface area contributed by atoms with Gasteiger partial charge in [0.25, 0.3) is 0 Å². The van der Waals surface area contributed by atoms with Crippen LogP contribution in [0.3, 0.4) is 0 Å². The van der Waals surface area contributed by atoms with E-state index in [1.807, 2.05) is 62.4 Å². The van der Waals surface area contributed by atoms with Gasteiger partial charge in [0.05, 0.1) is 12.4 Å². The highest BCUT2D eigenvalue weighted by Gasteiger charge is 2.27. The van der Waals surface area contributed by atoms with Crippen molar-refractivity contribution in [3.8, 4) is 0 Å². The van der Waals surface area contributed by atoms with E-state index in [1.54, 1.807) is 0 Å². The third-order valence-corrected chi connectivity index (χ3v) is 3.19. The molecule has 2 aromatic carbocycles. The van der Waals surface area contributed by atoms with E-state index in [0.717, 1.165) is 11.1 Å². The Morgan fingerprint density at radius 1 is 0.810 bits per heavy atom. The van der Waals surface area contributed by atoms with E-state index in [4.69, 9.17) is 9.47 Å². The van der Waals surface area contributed by atoms with Crippen LogP contribution >= 0.6 is 0 Å². The van der Waals surface area contributed by atoms with Crippen LogP contribution < -0.4 is 0 Å². The Kier molecular flexibility index (Phi) is 5.59. The average molecular weight is 282 g/mol. The Bertz CT molecular complexity index is 534. The standard InChI is InChI=1S/C19H22O2/c1-4-20-18(16-11-7-5-8-12-16)19(21-15(2)3)17-13-9-6-10-14-17/h4-15,18-19H,1H2,2-3H3/t18-,19+/m0/s1. The van der Waals surface area contributed by atoms with Gasteiger partial charge in [-0.2, -0.15) is 0 Å². The van der Waals surface area contributed by atoms with Gasteiger partial charge in [-0.25, -0.2) is 0 Å². The van der Waals surface area contributed by atoms with Gasteiger partial charge in [-0.05, 0) is 25.0 Å². The van der Waals surface area contributed by atoms with Gasteiger partial charge >= 0.3 is 0 Å². The summed E-state index contributed by atoms with van der Waals surface area (Å²) in [6.45, 7) is 7.77. The Labute approximate surface area is 127 Å². The topological polar surface area (TPSA) is 18.5 Å². The fourth-order valence-electron chi connectivity index (χ4n) is 2.33. The number of hydrogen-bond acceptors (Lipinski definition) is 2. The van der Waals surface area contributed by atoms with E-state index in [0.29, 0.717) is 0 Å². The number of benzene rings is 2. The van der Waals surface area contributed by atoms with Gasteiger partial charge in [0.1, 0.15) is 6.10 Å². The lowest BCUT2D eigenvalue weighted by Crippen LogP contribution is -2.19. The molecule has 2 atom stereocenters. The van der Waals surface area contributed by atoms with Crippen LogP contribution in [0.2, 0.25) is 0 Å². The molecule has 0 aliphatic heterocycles. The minimum Gasteiger partial charge on any atom is -0.491 e. The van der Waals surface area contributed by atoms with Crippen molar-refractivity contribution in [2.45, 2.75) is 32.2 Å². The predicted molar refractivity (Wildman–Crippen MR) is 85.9 cm³/mol. The van der Waals surface area contributed by atoms with Gasteiger partial charge in [-0.1, -0.05) is 67.2 Å². The van der Waals surface area contributed by atoms with Gasteiger partial charge in [-0.15, -0.1) is 0 Å². The maximum atomic E-state index is 6.13. The molecule has 2 aromatic rings. The van der Waals surface area contributed by atoms with Crippen molar-refractivity contribution in [1.82, 2.24) is 0 Å². The summed E-state index contributed by atoms with van der Waals surface area (Å²) >= 11 is 0. The summed E-state index contributed by atoms with van der Waals surface area (Å²) in [7, 11) is 0. The maximum Gasteiger partial charge on any atom is 0.153 e. The molecule has 0 heterocycles. The van der Waals surface area contributed by atoms with Gasteiger partial charge < -0.3 is 9.47 Å². The Morgan fingerprint density at radius 2 is 1.29 bits per heavy atom. The fraction of sp³-hybridized carbons (Fsp3) is 0.263. The van der Waals surface area contributed by atoms with Gasteiger partial charge in [0.15, 0.2) is 6.10 Å². The summed E-state index contributed by atoms with van der Waals surface area (Å²) in [6, 6.07) is 20.3. The van der Waals surface area contributed by atoms with E-state index in [-0.39, 0.29) is 18.3 Å². The first-order valence-electron chi connectivity index (χ1n) is 7.24. The van der Waals surface area contributed by atoms with Crippen LogP contribution in [0, 0.1) is 0 Å². The van der Waals surface area contributed by atoms with E-state index in [1.165, 1.54) is 6.26 Å². The summed E-state index contributed by atoms with van der Waals surface area (Å²) in [5.74, 6) is 0. The first-order valence-corrected chi connectivity index (χ1v) is 7.24. The molecule has 110 valence electrons. The smallest absolute Gasteiger partial charge is 0.153 e. The van der Waals surface area contributed by atoms with Crippen molar-refractivity contribution in [2.75, 3.05) is 0 Å². The summed E-state index contributed by atoms with van der Waals surface area (Å²) in [5, 5.41) is 0. The molecule has 0 aliphatic carbocycles. The second kappa shape index (κ2) is 7.65. The third-order valence-electron chi connectivity index (χ3n) is 3.19. The van der Waals surface area contributed by atoms with Crippen molar-refractivity contribution in [1.29, 1.82) is 0 Å². The van der Waals surface area contributed by atoms with E-state index >= 15 is 0 Å². The lowest BCUT2D eigenvalue weighted by Gasteiger charge is -2.29. The maximum absolute atomic E-state index is 6.13. The Morgan fingerprint density at radius 3 is 1.71 bits per heavy atom. The third kappa shape index (κ3) is 4.20. The highest BCUT2D eigenvalue weighted by Crippen LogP contribution is 2.36. The normalized spacial score (nSPS) is 13.7. The van der Waals surface area contributed by atoms with Crippen molar-refractivity contribution in [2.24, 2.45) is 0 Å². The SMILES string of the molecule is C=CO[C@@H](c1ccccc1)[C@H](OC(C)C)c1ccccc1. The summed E-state index contributed by atoms with van der Waals surface area (Å²) in [6.07, 6.45) is 1.20. The molecule has 0 aromatic heterocycles. The zero-order chi connectivity index (χ0) is 15.1. The largest absolute Gasteiger partial charge is 0.491 e. The molecular weight excluding hydrogens is 260 g/mol. The molecule has 0 radical (unpaired) electrons. The molecule has 2 rings (SSSR count). The highest BCUT2D eigenvalue weighted by molar-refractivity contribution is 5.25. The number of hydrogen-bond donors (Lipinski definition) is 0. The molecule has 0 aliphatic rings. The van der Waals surface area contributed by atoms with Crippen LogP contribution in [0.5, 0.6) is 0 Å². The van der Waals surface area contributed by atoms with Gasteiger partial charge in [0.2, 0.25) is 0 Å². The monoisotopic (exact) mass is 282 g/mol. The van der Waals surface area contributed by atoms with Crippen LogP contribution in [-0.2, 0) is 9.47 Å². The van der Waals surface area contributed by atoms with Crippen LogP contribution in [0.15, 0.2) is 73.5 Å². The predicted octanol–water partition coefficient (Wildman–Crippen LogP) is 5.05. The van der Waals surface area contributed by atoms with Crippen LogP contribution in [0.25, 0.3) is 0 Å². The van der Waals surface area contributed by atoms with Crippen LogP contribution in [-0.4, -0.2) is 6.10 Å². The average Bonchev–Trinajstić information content (AvgIpc) is 2.52. The minimum absolute atomic E-state index is 0.106. The molecule has 0 saturated carbocycles. The summed E-state index contributed by atoms with van der Waals surface area (Å²) in [5.41, 5.74) is 2.17. The molecule has 0 fully saturated rings. The second-order valence-corrected chi connectivity index (χ2v) is 5.15. The Hall–Kier alpha value is -2.06. The zero-order valence-corrected chi connectivity index (χ0v) is 12.6. The van der Waals surface area contributed by atoms with Crippen LogP contribution in [0.1, 0.15) is 37.2 Å². The van der Waals surface area contributed by atoms with E-state index in [2.05, 4.69) is 18.7 Å². The molecule has 2 nitrogen and oxygen atoms in total. The number of rotatable bonds is 7.